The van der Waals surface area contributed by atoms with Crippen molar-refractivity contribution in [1.82, 2.24) is 9.80 Å². The molecule has 2 amide bonds. The average molecular weight is 523 g/mol. The summed E-state index contributed by atoms with van der Waals surface area (Å²) >= 11 is 6.11. The Labute approximate surface area is 216 Å². The zero-order valence-corrected chi connectivity index (χ0v) is 22.1. The van der Waals surface area contributed by atoms with Crippen molar-refractivity contribution >= 4 is 41.4 Å². The Balaban J connectivity index is 1.97. The molecule has 186 valence electrons. The van der Waals surface area contributed by atoms with E-state index in [1.165, 1.54) is 9.80 Å². The number of esters is 1. The number of urea groups is 1. The van der Waals surface area contributed by atoms with Crippen molar-refractivity contribution in [2.75, 3.05) is 26.9 Å². The number of likely N-dealkylation sites (N-methyl/N-ethyl adjacent to an activating group) is 1. The van der Waals surface area contributed by atoms with Gasteiger partial charge in [0.05, 0.1) is 24.4 Å². The van der Waals surface area contributed by atoms with E-state index in [1.54, 1.807) is 45.3 Å². The van der Waals surface area contributed by atoms with Gasteiger partial charge in [-0.3, -0.25) is 0 Å². The second kappa shape index (κ2) is 10.7. The van der Waals surface area contributed by atoms with Gasteiger partial charge in [-0.15, -0.1) is 0 Å². The molecule has 0 aromatic heterocycles. The van der Waals surface area contributed by atoms with Crippen LogP contribution in [0.15, 0.2) is 96.2 Å². The van der Waals surface area contributed by atoms with E-state index in [0.717, 1.165) is 0 Å². The van der Waals surface area contributed by atoms with Gasteiger partial charge in [-0.1, -0.05) is 84.4 Å². The van der Waals surface area contributed by atoms with Crippen LogP contribution in [0.1, 0.15) is 18.5 Å². The molecule has 0 unspecified atom stereocenters. The predicted molar refractivity (Wildman–Crippen MR) is 143 cm³/mol. The maximum atomic E-state index is 14.9. The maximum Gasteiger partial charge on any atom is 0.338 e. The standard InChI is InChI=1S/C28H28ClN2O4P/c1-4-35-27(32)25-24(30(2)28(33)31(3)26(25)20-15-17-21(29)18-16-20)19-36(34,22-11-7-5-8-12-22)23-13-9-6-10-14-23/h5-18,26H,4,19H2,1-3H3/t26-/m0/s1. The average Bonchev–Trinajstić information content (AvgIpc) is 2.90. The Morgan fingerprint density at radius 2 is 1.44 bits per heavy atom. The number of halogens is 1. The number of hydrogen-bond donors (Lipinski definition) is 0. The van der Waals surface area contributed by atoms with Gasteiger partial charge in [-0.25, -0.2) is 9.59 Å². The van der Waals surface area contributed by atoms with Gasteiger partial charge in [-0.2, -0.15) is 0 Å². The number of carbonyl (C=O) groups excluding carboxylic acids is 2. The molecule has 36 heavy (non-hydrogen) atoms. The molecule has 1 heterocycles. The summed E-state index contributed by atoms with van der Waals surface area (Å²) in [7, 11) is -0.0533. The molecule has 0 fully saturated rings. The summed E-state index contributed by atoms with van der Waals surface area (Å²) in [6, 6.07) is 24.4. The van der Waals surface area contributed by atoms with E-state index in [4.69, 9.17) is 16.3 Å². The van der Waals surface area contributed by atoms with Gasteiger partial charge in [0, 0.05) is 35.4 Å². The van der Waals surface area contributed by atoms with Gasteiger partial charge in [0.2, 0.25) is 0 Å². The summed E-state index contributed by atoms with van der Waals surface area (Å²) in [5.41, 5.74) is 1.38. The summed E-state index contributed by atoms with van der Waals surface area (Å²) in [4.78, 5) is 29.8. The fourth-order valence-electron chi connectivity index (χ4n) is 4.54. The smallest absolute Gasteiger partial charge is 0.338 e. The van der Waals surface area contributed by atoms with Crippen LogP contribution in [0.5, 0.6) is 0 Å². The highest BCUT2D eigenvalue weighted by Gasteiger charge is 2.43. The highest BCUT2D eigenvalue weighted by Crippen LogP contribution is 2.48. The molecular formula is C28H28ClN2O4P. The second-order valence-electron chi connectivity index (χ2n) is 8.56. The Bertz CT molecular complexity index is 1280. The van der Waals surface area contributed by atoms with Crippen LogP contribution in [0.4, 0.5) is 4.79 Å². The zero-order chi connectivity index (χ0) is 25.9. The monoisotopic (exact) mass is 522 g/mol. The molecule has 1 aliphatic heterocycles. The number of allylic oxidation sites excluding steroid dienone is 1. The van der Waals surface area contributed by atoms with E-state index in [9.17, 15) is 14.2 Å². The quantitative estimate of drug-likeness (QED) is 0.315. The first kappa shape index (κ1) is 25.7. The fraction of sp³-hybridized carbons (Fsp3) is 0.214. The second-order valence-corrected chi connectivity index (χ2v) is 11.8. The van der Waals surface area contributed by atoms with Crippen LogP contribution in [-0.2, 0) is 14.1 Å². The van der Waals surface area contributed by atoms with Crippen molar-refractivity contribution in [1.29, 1.82) is 0 Å². The minimum Gasteiger partial charge on any atom is -0.463 e. The van der Waals surface area contributed by atoms with E-state index in [-0.39, 0.29) is 24.4 Å². The molecule has 1 atom stereocenters. The topological polar surface area (TPSA) is 66.9 Å². The van der Waals surface area contributed by atoms with Crippen molar-refractivity contribution in [3.63, 3.8) is 0 Å². The third-order valence-electron chi connectivity index (χ3n) is 6.37. The Morgan fingerprint density at radius 1 is 0.917 bits per heavy atom. The maximum absolute atomic E-state index is 14.9. The molecule has 0 aliphatic carbocycles. The van der Waals surface area contributed by atoms with Crippen molar-refractivity contribution in [3.05, 3.63) is 107 Å². The highest BCUT2D eigenvalue weighted by atomic mass is 35.5. The van der Waals surface area contributed by atoms with Gasteiger partial charge in [0.25, 0.3) is 0 Å². The molecular weight excluding hydrogens is 495 g/mol. The fourth-order valence-corrected chi connectivity index (χ4v) is 7.44. The van der Waals surface area contributed by atoms with Crippen LogP contribution < -0.4 is 10.6 Å². The van der Waals surface area contributed by atoms with E-state index < -0.39 is 19.2 Å². The number of hydrogen-bond acceptors (Lipinski definition) is 4. The predicted octanol–water partition coefficient (Wildman–Crippen LogP) is 5.21. The van der Waals surface area contributed by atoms with Gasteiger partial charge < -0.3 is 19.1 Å². The summed E-state index contributed by atoms with van der Waals surface area (Å²) < 4.78 is 20.3. The van der Waals surface area contributed by atoms with Crippen LogP contribution in [0.3, 0.4) is 0 Å². The van der Waals surface area contributed by atoms with Crippen molar-refractivity contribution in [3.8, 4) is 0 Å². The van der Waals surface area contributed by atoms with Gasteiger partial charge in [0.1, 0.15) is 7.14 Å². The Morgan fingerprint density at radius 3 is 1.94 bits per heavy atom. The largest absolute Gasteiger partial charge is 0.463 e. The van der Waals surface area contributed by atoms with Crippen molar-refractivity contribution < 1.29 is 18.9 Å². The lowest BCUT2D eigenvalue weighted by atomic mass is 9.93. The lowest BCUT2D eigenvalue weighted by Crippen LogP contribution is -2.49. The molecule has 3 aromatic carbocycles. The third-order valence-corrected chi connectivity index (χ3v) is 9.63. The Kier molecular flexibility index (Phi) is 7.67. The van der Waals surface area contributed by atoms with Crippen LogP contribution in [0.25, 0.3) is 0 Å². The SMILES string of the molecule is CCOC(=O)C1=C(CP(=O)(c2ccccc2)c2ccccc2)N(C)C(=O)N(C)[C@H]1c1ccc(Cl)cc1. The molecule has 0 saturated carbocycles. The molecule has 1 aliphatic rings. The van der Waals surface area contributed by atoms with Crippen LogP contribution >= 0.6 is 18.7 Å². The first-order valence-electron chi connectivity index (χ1n) is 11.6. The summed E-state index contributed by atoms with van der Waals surface area (Å²) in [6.45, 7) is 1.90. The number of rotatable bonds is 7. The number of carbonyl (C=O) groups is 2. The van der Waals surface area contributed by atoms with Crippen molar-refractivity contribution in [2.24, 2.45) is 0 Å². The van der Waals surface area contributed by atoms with E-state index in [2.05, 4.69) is 0 Å². The molecule has 4 rings (SSSR count). The lowest BCUT2D eigenvalue weighted by Gasteiger charge is -2.41. The number of benzene rings is 3. The minimum atomic E-state index is -3.30. The van der Waals surface area contributed by atoms with Crippen molar-refractivity contribution in [2.45, 2.75) is 13.0 Å². The highest BCUT2D eigenvalue weighted by molar-refractivity contribution is 7.78. The summed E-state index contributed by atoms with van der Waals surface area (Å²) in [5.74, 6) is -0.550. The van der Waals surface area contributed by atoms with E-state index in [0.29, 0.717) is 26.9 Å². The molecule has 0 saturated heterocycles. The minimum absolute atomic E-state index is 0.0185. The molecule has 8 heteroatoms. The van der Waals surface area contributed by atoms with Crippen LogP contribution in [0, 0.1) is 0 Å². The third kappa shape index (κ3) is 4.84. The van der Waals surface area contributed by atoms with Crippen LogP contribution in [0.2, 0.25) is 5.02 Å². The number of ether oxygens (including phenoxy) is 1. The molecule has 6 nitrogen and oxygen atoms in total. The van der Waals surface area contributed by atoms with Gasteiger partial charge in [-0.05, 0) is 24.6 Å². The number of nitrogens with zero attached hydrogens (tertiary/aromatic N) is 2. The Hall–Kier alpha value is -3.34. The first-order valence-corrected chi connectivity index (χ1v) is 13.9. The van der Waals surface area contributed by atoms with Gasteiger partial charge in [0.15, 0.2) is 0 Å². The van der Waals surface area contributed by atoms with Gasteiger partial charge >= 0.3 is 12.0 Å². The summed E-state index contributed by atoms with van der Waals surface area (Å²) in [6.07, 6.45) is -0.0185. The normalized spacial score (nSPS) is 16.3. The number of amides is 2. The molecule has 3 aromatic rings. The van der Waals surface area contributed by atoms with Crippen LogP contribution in [-0.4, -0.2) is 48.7 Å². The molecule has 0 bridgehead atoms. The first-order chi connectivity index (χ1) is 17.3. The molecule has 0 radical (unpaired) electrons. The lowest BCUT2D eigenvalue weighted by molar-refractivity contribution is -0.139. The molecule has 0 spiro atoms. The van der Waals surface area contributed by atoms with E-state index >= 15 is 0 Å². The van der Waals surface area contributed by atoms with E-state index in [1.807, 2.05) is 60.7 Å². The summed E-state index contributed by atoms with van der Waals surface area (Å²) in [5, 5.41) is 1.84. The zero-order valence-electron chi connectivity index (χ0n) is 20.4. The molecule has 0 N–H and O–H groups in total.